The van der Waals surface area contributed by atoms with Gasteiger partial charge in [-0.2, -0.15) is 0 Å². The maximum absolute atomic E-state index is 12.9. The lowest BCUT2D eigenvalue weighted by Gasteiger charge is -2.27. The molecule has 4 rings (SSSR count). The van der Waals surface area contributed by atoms with Gasteiger partial charge in [-0.05, 0) is 34.7 Å². The van der Waals surface area contributed by atoms with Crippen LogP contribution in [-0.4, -0.2) is 32.6 Å². The van der Waals surface area contributed by atoms with Crippen molar-refractivity contribution in [2.45, 2.75) is 6.67 Å². The van der Waals surface area contributed by atoms with E-state index in [9.17, 15) is 4.79 Å². The number of methoxy groups -OCH3 is 3. The summed E-state index contributed by atoms with van der Waals surface area (Å²) >= 11 is 3.45. The third kappa shape index (κ3) is 3.73. The Balaban J connectivity index is 1.71. The van der Waals surface area contributed by atoms with Crippen molar-refractivity contribution < 1.29 is 18.6 Å². The van der Waals surface area contributed by atoms with Gasteiger partial charge < -0.3 is 23.5 Å². The van der Waals surface area contributed by atoms with Crippen LogP contribution in [-0.2, 0) is 6.67 Å². The van der Waals surface area contributed by atoms with Gasteiger partial charge in [0.05, 0.1) is 25.9 Å². The van der Waals surface area contributed by atoms with Crippen LogP contribution in [0.4, 0.5) is 5.69 Å². The summed E-state index contributed by atoms with van der Waals surface area (Å²) in [4.78, 5) is 20.1. The van der Waals surface area contributed by atoms with E-state index in [4.69, 9.17) is 18.6 Å². The summed E-state index contributed by atoms with van der Waals surface area (Å²) in [6, 6.07) is 7.38. The summed E-state index contributed by atoms with van der Waals surface area (Å²) in [5.74, 6) is 2.26. The number of ether oxygens (including phenoxy) is 3. The van der Waals surface area contributed by atoms with Crippen molar-refractivity contribution in [3.63, 3.8) is 0 Å². The number of benzene rings is 1. The molecule has 0 saturated carbocycles. The summed E-state index contributed by atoms with van der Waals surface area (Å²) < 4.78 is 24.8. The highest BCUT2D eigenvalue weighted by Gasteiger charge is 2.20. The Morgan fingerprint density at radius 1 is 1.17 bits per heavy atom. The van der Waals surface area contributed by atoms with Gasteiger partial charge >= 0.3 is 0 Å². The van der Waals surface area contributed by atoms with Gasteiger partial charge in [0, 0.05) is 23.9 Å². The number of fused-ring (bicyclic) bond motifs is 1. The van der Waals surface area contributed by atoms with Crippen molar-refractivity contribution in [3.8, 4) is 17.2 Å². The molecule has 0 spiro atoms. The van der Waals surface area contributed by atoms with Gasteiger partial charge in [0.15, 0.2) is 20.1 Å². The van der Waals surface area contributed by atoms with Gasteiger partial charge in [-0.15, -0.1) is 0 Å². The summed E-state index contributed by atoms with van der Waals surface area (Å²) in [5.41, 5.74) is 0.718. The summed E-state index contributed by atoms with van der Waals surface area (Å²) in [7, 11) is 4.70. The molecule has 0 saturated heterocycles. The van der Waals surface area contributed by atoms with Gasteiger partial charge in [-0.25, -0.2) is 4.99 Å². The third-order valence-corrected chi connectivity index (χ3v) is 6.08. The molecule has 0 amide bonds. The predicted octanol–water partition coefficient (Wildman–Crippen LogP) is 2.02. The Labute approximate surface area is 183 Å². The van der Waals surface area contributed by atoms with Crippen LogP contribution in [0.25, 0.3) is 6.08 Å². The first-order valence-electron chi connectivity index (χ1n) is 8.60. The molecule has 8 nitrogen and oxygen atoms in total. The van der Waals surface area contributed by atoms with Crippen LogP contribution in [0, 0.1) is 3.77 Å². The fraction of sp³-hybridized carbons (Fsp3) is 0.263. The van der Waals surface area contributed by atoms with E-state index in [1.165, 1.54) is 11.3 Å². The third-order valence-electron chi connectivity index (χ3n) is 4.46. The van der Waals surface area contributed by atoms with E-state index >= 15 is 0 Å². The Bertz CT molecular complexity index is 1200. The maximum Gasteiger partial charge on any atom is 0.271 e. The number of nitrogens with zero attached hydrogens (tertiary/aromatic N) is 3. The van der Waals surface area contributed by atoms with E-state index in [0.717, 1.165) is 9.45 Å². The fourth-order valence-corrected chi connectivity index (χ4v) is 4.44. The van der Waals surface area contributed by atoms with Crippen LogP contribution in [0.2, 0.25) is 0 Å². The minimum Gasteiger partial charge on any atom is -0.493 e. The molecule has 152 valence electrons. The number of aromatic nitrogens is 1. The smallest absolute Gasteiger partial charge is 0.271 e. The van der Waals surface area contributed by atoms with Gasteiger partial charge in [-0.3, -0.25) is 9.36 Å². The molecule has 0 N–H and O–H groups in total. The Morgan fingerprint density at radius 2 is 1.90 bits per heavy atom. The lowest BCUT2D eigenvalue weighted by atomic mass is 10.2. The average Bonchev–Trinajstić information content (AvgIpc) is 3.29. The standard InChI is InChI=1S/C19H18IN3O5S/c1-25-13-6-11(7-14(26-2)17(13)27-3)22-9-21-19-23(10-22)18(24)15(29-19)8-12-4-5-16(20)28-12/h4-8H,9-10H2,1-3H3/b15-8-. The highest BCUT2D eigenvalue weighted by atomic mass is 127. The fourth-order valence-electron chi connectivity index (χ4n) is 3.06. The number of rotatable bonds is 5. The largest absolute Gasteiger partial charge is 0.493 e. The van der Waals surface area contributed by atoms with Crippen molar-refractivity contribution in [1.29, 1.82) is 0 Å². The molecule has 0 fully saturated rings. The summed E-state index contributed by atoms with van der Waals surface area (Å²) in [5, 5.41) is 0. The molecule has 1 aliphatic heterocycles. The minimum absolute atomic E-state index is 0.0997. The molecule has 0 radical (unpaired) electrons. The first kappa shape index (κ1) is 19.8. The van der Waals surface area contributed by atoms with Gasteiger partial charge in [-0.1, -0.05) is 11.3 Å². The normalized spacial score (nSPS) is 13.8. The number of furan rings is 1. The maximum atomic E-state index is 12.9. The molecule has 1 aromatic carbocycles. The van der Waals surface area contributed by atoms with Crippen LogP contribution in [0.15, 0.2) is 38.5 Å². The second-order valence-corrected chi connectivity index (χ2v) is 8.20. The number of thiazole rings is 1. The van der Waals surface area contributed by atoms with Crippen LogP contribution >= 0.6 is 33.9 Å². The van der Waals surface area contributed by atoms with E-state index in [0.29, 0.717) is 45.7 Å². The second kappa shape index (κ2) is 8.11. The van der Waals surface area contributed by atoms with Crippen LogP contribution < -0.4 is 34.0 Å². The van der Waals surface area contributed by atoms with Crippen molar-refractivity contribution in [1.82, 2.24) is 4.57 Å². The Morgan fingerprint density at radius 3 is 2.48 bits per heavy atom. The van der Waals surface area contributed by atoms with Crippen molar-refractivity contribution >= 4 is 45.7 Å². The molecule has 29 heavy (non-hydrogen) atoms. The molecular formula is C19H18IN3O5S. The van der Waals surface area contributed by atoms with Crippen molar-refractivity contribution in [2.75, 3.05) is 32.9 Å². The molecule has 2 aromatic heterocycles. The van der Waals surface area contributed by atoms with E-state index < -0.39 is 0 Å². The Hall–Kier alpha value is -2.47. The van der Waals surface area contributed by atoms with Gasteiger partial charge in [0.25, 0.3) is 5.56 Å². The molecule has 3 heterocycles. The zero-order valence-electron chi connectivity index (χ0n) is 16.0. The van der Waals surface area contributed by atoms with Gasteiger partial charge in [0.1, 0.15) is 19.1 Å². The molecule has 0 aliphatic carbocycles. The first-order chi connectivity index (χ1) is 14.0. The predicted molar refractivity (Wildman–Crippen MR) is 118 cm³/mol. The zero-order chi connectivity index (χ0) is 20.5. The van der Waals surface area contributed by atoms with Crippen molar-refractivity contribution in [3.05, 3.63) is 53.5 Å². The molecule has 0 unspecified atom stereocenters. The monoisotopic (exact) mass is 527 g/mol. The molecule has 1 aliphatic rings. The van der Waals surface area contributed by atoms with Crippen molar-refractivity contribution in [2.24, 2.45) is 4.99 Å². The minimum atomic E-state index is -0.0997. The van der Waals surface area contributed by atoms with E-state index in [2.05, 4.69) is 27.6 Å². The second-order valence-electron chi connectivity index (χ2n) is 6.13. The summed E-state index contributed by atoms with van der Waals surface area (Å²) in [6.07, 6.45) is 1.75. The Kier molecular flexibility index (Phi) is 5.54. The van der Waals surface area contributed by atoms with E-state index in [1.807, 2.05) is 29.2 Å². The van der Waals surface area contributed by atoms with Crippen LogP contribution in [0.5, 0.6) is 17.2 Å². The average molecular weight is 527 g/mol. The molecule has 0 bridgehead atoms. The summed E-state index contributed by atoms with van der Waals surface area (Å²) in [6.45, 7) is 0.785. The van der Waals surface area contributed by atoms with E-state index in [-0.39, 0.29) is 5.56 Å². The zero-order valence-corrected chi connectivity index (χ0v) is 18.9. The first-order valence-corrected chi connectivity index (χ1v) is 10.5. The molecule has 3 aromatic rings. The number of hydrogen-bond acceptors (Lipinski definition) is 8. The number of halogens is 1. The molecule has 10 heteroatoms. The van der Waals surface area contributed by atoms with Crippen LogP contribution in [0.3, 0.4) is 0 Å². The van der Waals surface area contributed by atoms with Crippen LogP contribution in [0.1, 0.15) is 5.76 Å². The number of hydrogen-bond donors (Lipinski definition) is 0. The lowest BCUT2D eigenvalue weighted by molar-refractivity contribution is 0.324. The lowest BCUT2D eigenvalue weighted by Crippen LogP contribution is -2.42. The topological polar surface area (TPSA) is 78.4 Å². The number of anilines is 1. The highest BCUT2D eigenvalue weighted by molar-refractivity contribution is 14.1. The quantitative estimate of drug-likeness (QED) is 0.473. The SMILES string of the molecule is COc1cc(N2CN=c3s/c(=C\c4ccc(I)o4)c(=O)n3C2)cc(OC)c1OC. The molecular weight excluding hydrogens is 509 g/mol. The van der Waals surface area contributed by atoms with E-state index in [1.54, 1.807) is 32.0 Å². The highest BCUT2D eigenvalue weighted by Crippen LogP contribution is 2.41. The van der Waals surface area contributed by atoms with Gasteiger partial charge in [0.2, 0.25) is 5.75 Å². The molecule has 0 atom stereocenters.